The lowest BCUT2D eigenvalue weighted by molar-refractivity contribution is -0.0800. The third kappa shape index (κ3) is 3.42. The number of carbonyl (C=O) groups excluding carboxylic acids is 1. The van der Waals surface area contributed by atoms with Crippen molar-refractivity contribution in [3.8, 4) is 0 Å². The molecule has 0 aliphatic carbocycles. The van der Waals surface area contributed by atoms with Crippen molar-refractivity contribution < 1.29 is 14.7 Å². The molecular formula is C10H12ClNO3. The summed E-state index contributed by atoms with van der Waals surface area (Å²) in [6.45, 7) is 1.90. The number of ether oxygens (including phenoxy) is 1. The molecule has 0 saturated carbocycles. The van der Waals surface area contributed by atoms with E-state index >= 15 is 0 Å². The van der Waals surface area contributed by atoms with Crippen molar-refractivity contribution in [1.82, 2.24) is 5.06 Å². The first kappa shape index (κ1) is 11.8. The Balaban J connectivity index is 2.62. The summed E-state index contributed by atoms with van der Waals surface area (Å²) in [4.78, 5) is 11.1. The number of benzene rings is 1. The number of carbonyl (C=O) groups is 1. The van der Waals surface area contributed by atoms with Crippen LogP contribution in [0.25, 0.3) is 0 Å². The minimum Gasteiger partial charge on any atom is -0.448 e. The summed E-state index contributed by atoms with van der Waals surface area (Å²) < 4.78 is 4.61. The Morgan fingerprint density at radius 1 is 1.53 bits per heavy atom. The third-order valence-electron chi connectivity index (χ3n) is 1.76. The van der Waals surface area contributed by atoms with E-state index in [1.165, 1.54) is 0 Å². The monoisotopic (exact) mass is 229 g/mol. The van der Waals surface area contributed by atoms with Gasteiger partial charge in [0.2, 0.25) is 0 Å². The zero-order valence-electron chi connectivity index (χ0n) is 8.31. The van der Waals surface area contributed by atoms with E-state index < -0.39 is 6.09 Å². The lowest BCUT2D eigenvalue weighted by Crippen LogP contribution is -2.27. The maximum absolute atomic E-state index is 11.1. The fraction of sp³-hybridized carbons (Fsp3) is 0.300. The van der Waals surface area contributed by atoms with Gasteiger partial charge in [-0.05, 0) is 18.6 Å². The van der Waals surface area contributed by atoms with Crippen molar-refractivity contribution in [2.24, 2.45) is 0 Å². The molecule has 0 aliphatic rings. The Hall–Kier alpha value is -1.26. The molecule has 1 aromatic carbocycles. The van der Waals surface area contributed by atoms with Crippen molar-refractivity contribution in [3.05, 3.63) is 34.9 Å². The summed E-state index contributed by atoms with van der Waals surface area (Å²) in [5.41, 5.74) is 0.662. The smallest absolute Gasteiger partial charge is 0.434 e. The molecule has 1 aromatic rings. The van der Waals surface area contributed by atoms with E-state index in [0.717, 1.165) is 0 Å². The predicted molar refractivity (Wildman–Crippen MR) is 55.8 cm³/mol. The van der Waals surface area contributed by atoms with Crippen LogP contribution in [0, 0.1) is 0 Å². The van der Waals surface area contributed by atoms with Gasteiger partial charge < -0.3 is 4.74 Å². The lowest BCUT2D eigenvalue weighted by atomic mass is 10.2. The van der Waals surface area contributed by atoms with E-state index in [-0.39, 0.29) is 13.2 Å². The molecule has 0 aromatic heterocycles. The van der Waals surface area contributed by atoms with Crippen LogP contribution in [0.4, 0.5) is 4.79 Å². The molecule has 0 atom stereocenters. The Morgan fingerprint density at radius 2 is 2.20 bits per heavy atom. The van der Waals surface area contributed by atoms with Crippen LogP contribution in [0.3, 0.4) is 0 Å². The second-order valence-corrected chi connectivity index (χ2v) is 3.26. The number of hydroxylamine groups is 2. The Morgan fingerprint density at radius 3 is 2.80 bits per heavy atom. The number of rotatable bonds is 3. The van der Waals surface area contributed by atoms with Gasteiger partial charge in [-0.3, -0.25) is 5.21 Å². The summed E-state index contributed by atoms with van der Waals surface area (Å²) in [5, 5.41) is 10.3. The SMILES string of the molecule is CCOC(=O)N(O)Cc1ccccc1Cl. The molecular weight excluding hydrogens is 218 g/mol. The molecule has 0 unspecified atom stereocenters. The highest BCUT2D eigenvalue weighted by atomic mass is 35.5. The second kappa shape index (κ2) is 5.58. The van der Waals surface area contributed by atoms with Crippen molar-refractivity contribution >= 4 is 17.7 Å². The fourth-order valence-corrected chi connectivity index (χ4v) is 1.25. The first-order valence-electron chi connectivity index (χ1n) is 4.51. The normalized spacial score (nSPS) is 9.80. The minimum absolute atomic E-state index is 0.0124. The van der Waals surface area contributed by atoms with Crippen LogP contribution in [0.15, 0.2) is 24.3 Å². The average molecular weight is 230 g/mol. The molecule has 1 N–H and O–H groups in total. The van der Waals surface area contributed by atoms with Gasteiger partial charge in [0.25, 0.3) is 0 Å². The second-order valence-electron chi connectivity index (χ2n) is 2.85. The topological polar surface area (TPSA) is 49.8 Å². The summed E-state index contributed by atoms with van der Waals surface area (Å²) in [6.07, 6.45) is -0.780. The minimum atomic E-state index is -0.780. The van der Waals surface area contributed by atoms with Crippen molar-refractivity contribution in [3.63, 3.8) is 0 Å². The summed E-state index contributed by atoms with van der Waals surface area (Å²) >= 11 is 5.86. The van der Waals surface area contributed by atoms with Gasteiger partial charge in [0.1, 0.15) is 0 Å². The molecule has 5 heteroatoms. The first-order chi connectivity index (χ1) is 7.15. The standard InChI is InChI=1S/C10H12ClNO3/c1-2-15-10(13)12(14)7-8-5-3-4-6-9(8)11/h3-6,14H,2,7H2,1H3. The molecule has 0 aliphatic heterocycles. The van der Waals surface area contributed by atoms with E-state index in [1.807, 2.05) is 0 Å². The van der Waals surface area contributed by atoms with Crippen molar-refractivity contribution in [2.45, 2.75) is 13.5 Å². The molecule has 1 amide bonds. The van der Waals surface area contributed by atoms with Crippen LogP contribution in [-0.4, -0.2) is 23.0 Å². The Kier molecular flexibility index (Phi) is 4.39. The van der Waals surface area contributed by atoms with E-state index in [9.17, 15) is 10.0 Å². The summed E-state index contributed by atoms with van der Waals surface area (Å²) in [5.74, 6) is 0. The van der Waals surface area contributed by atoms with E-state index in [1.54, 1.807) is 31.2 Å². The van der Waals surface area contributed by atoms with Gasteiger partial charge in [0.05, 0.1) is 13.2 Å². The van der Waals surface area contributed by atoms with Crippen molar-refractivity contribution in [1.29, 1.82) is 0 Å². The van der Waals surface area contributed by atoms with Crippen LogP contribution in [0.5, 0.6) is 0 Å². The van der Waals surface area contributed by atoms with Crippen LogP contribution in [0.1, 0.15) is 12.5 Å². The largest absolute Gasteiger partial charge is 0.448 e. The van der Waals surface area contributed by atoms with E-state index in [4.69, 9.17) is 11.6 Å². The Bertz CT molecular complexity index is 343. The fourth-order valence-electron chi connectivity index (χ4n) is 1.05. The Labute approximate surface area is 93.0 Å². The van der Waals surface area contributed by atoms with E-state index in [0.29, 0.717) is 15.6 Å². The molecule has 82 valence electrons. The van der Waals surface area contributed by atoms with Crippen molar-refractivity contribution in [2.75, 3.05) is 6.61 Å². The van der Waals surface area contributed by atoms with Gasteiger partial charge in [-0.1, -0.05) is 29.8 Å². The first-order valence-corrected chi connectivity index (χ1v) is 4.89. The number of hydrogen-bond donors (Lipinski definition) is 1. The highest BCUT2D eigenvalue weighted by Crippen LogP contribution is 2.16. The van der Waals surface area contributed by atoms with Crippen LogP contribution >= 0.6 is 11.6 Å². The van der Waals surface area contributed by atoms with Crippen LogP contribution in [-0.2, 0) is 11.3 Å². The zero-order valence-corrected chi connectivity index (χ0v) is 9.07. The van der Waals surface area contributed by atoms with Crippen LogP contribution < -0.4 is 0 Å². The van der Waals surface area contributed by atoms with E-state index in [2.05, 4.69) is 4.74 Å². The quantitative estimate of drug-likeness (QED) is 0.640. The zero-order chi connectivity index (χ0) is 11.3. The molecule has 0 saturated heterocycles. The highest BCUT2D eigenvalue weighted by Gasteiger charge is 2.13. The van der Waals surface area contributed by atoms with Crippen LogP contribution in [0.2, 0.25) is 5.02 Å². The molecule has 0 bridgehead atoms. The van der Waals surface area contributed by atoms with Gasteiger partial charge in [0.15, 0.2) is 0 Å². The summed E-state index contributed by atoms with van der Waals surface area (Å²) in [6, 6.07) is 6.97. The average Bonchev–Trinajstić information content (AvgIpc) is 2.21. The van der Waals surface area contributed by atoms with Gasteiger partial charge in [-0.25, -0.2) is 4.79 Å². The summed E-state index contributed by atoms with van der Waals surface area (Å²) in [7, 11) is 0. The molecule has 0 spiro atoms. The molecule has 0 heterocycles. The van der Waals surface area contributed by atoms with Gasteiger partial charge in [-0.2, -0.15) is 5.06 Å². The van der Waals surface area contributed by atoms with Gasteiger partial charge in [-0.15, -0.1) is 0 Å². The van der Waals surface area contributed by atoms with Gasteiger partial charge >= 0.3 is 6.09 Å². The molecule has 0 fully saturated rings. The number of halogens is 1. The molecule has 0 radical (unpaired) electrons. The highest BCUT2D eigenvalue weighted by molar-refractivity contribution is 6.31. The lowest BCUT2D eigenvalue weighted by Gasteiger charge is -2.14. The number of amides is 1. The molecule has 1 rings (SSSR count). The predicted octanol–water partition coefficient (Wildman–Crippen LogP) is 2.69. The molecule has 4 nitrogen and oxygen atoms in total. The number of hydrogen-bond acceptors (Lipinski definition) is 3. The number of nitrogens with zero attached hydrogens (tertiary/aromatic N) is 1. The third-order valence-corrected chi connectivity index (χ3v) is 2.13. The maximum Gasteiger partial charge on any atom is 0.434 e. The van der Waals surface area contributed by atoms with Gasteiger partial charge in [0, 0.05) is 5.02 Å². The maximum atomic E-state index is 11.1. The molecule has 15 heavy (non-hydrogen) atoms.